The van der Waals surface area contributed by atoms with Crippen LogP contribution in [0.25, 0.3) is 0 Å². The van der Waals surface area contributed by atoms with E-state index in [2.05, 4.69) is 0 Å². The lowest BCUT2D eigenvalue weighted by atomic mass is 9.97. The van der Waals surface area contributed by atoms with Crippen LogP contribution in [0, 0.1) is 5.92 Å². The molecule has 0 fully saturated rings. The van der Waals surface area contributed by atoms with Gasteiger partial charge < -0.3 is 10.2 Å². The number of carboxylic acid groups (broad SMARTS) is 2. The second-order valence-electron chi connectivity index (χ2n) is 3.30. The van der Waals surface area contributed by atoms with Crippen LogP contribution in [0.15, 0.2) is 11.6 Å². The van der Waals surface area contributed by atoms with Crippen LogP contribution in [0.4, 0.5) is 0 Å². The monoisotopic (exact) mass is 200 g/mol. The summed E-state index contributed by atoms with van der Waals surface area (Å²) in [5.41, 5.74) is 0.213. The molecule has 80 valence electrons. The number of carbonyl (C=O) groups is 2. The van der Waals surface area contributed by atoms with Crippen molar-refractivity contribution in [3.63, 3.8) is 0 Å². The predicted molar refractivity (Wildman–Crippen MR) is 52.0 cm³/mol. The Morgan fingerprint density at radius 2 is 1.93 bits per heavy atom. The number of rotatable bonds is 6. The van der Waals surface area contributed by atoms with Crippen molar-refractivity contribution in [1.82, 2.24) is 0 Å². The summed E-state index contributed by atoms with van der Waals surface area (Å²) in [5.74, 6) is -2.05. The first-order valence-corrected chi connectivity index (χ1v) is 4.60. The molecule has 0 aliphatic rings. The van der Waals surface area contributed by atoms with Gasteiger partial charge in [0.1, 0.15) is 0 Å². The van der Waals surface area contributed by atoms with Crippen molar-refractivity contribution in [3.05, 3.63) is 11.6 Å². The highest BCUT2D eigenvalue weighted by Crippen LogP contribution is 2.15. The molecule has 0 aromatic rings. The SMILES string of the molecule is CCCC(C=C(C)C(=O)O)CC(=O)O. The van der Waals surface area contributed by atoms with Gasteiger partial charge in [0.15, 0.2) is 0 Å². The molecule has 0 aromatic heterocycles. The Morgan fingerprint density at radius 1 is 1.36 bits per heavy atom. The number of allylic oxidation sites excluding steroid dienone is 1. The van der Waals surface area contributed by atoms with Crippen LogP contribution in [-0.2, 0) is 9.59 Å². The normalized spacial score (nSPS) is 13.7. The minimum Gasteiger partial charge on any atom is -0.481 e. The second-order valence-corrected chi connectivity index (χ2v) is 3.30. The van der Waals surface area contributed by atoms with Gasteiger partial charge in [-0.3, -0.25) is 4.79 Å². The Morgan fingerprint density at radius 3 is 2.29 bits per heavy atom. The lowest BCUT2D eigenvalue weighted by Crippen LogP contribution is -2.07. The molecule has 0 amide bonds. The van der Waals surface area contributed by atoms with E-state index in [1.54, 1.807) is 0 Å². The molecule has 0 aliphatic carbocycles. The molecule has 0 spiro atoms. The number of aliphatic carboxylic acids is 2. The fourth-order valence-electron chi connectivity index (χ4n) is 1.26. The van der Waals surface area contributed by atoms with E-state index in [0.717, 1.165) is 6.42 Å². The Labute approximate surface area is 83.2 Å². The molecule has 0 aliphatic heterocycles. The largest absolute Gasteiger partial charge is 0.481 e. The Balaban J connectivity index is 4.41. The third kappa shape index (κ3) is 5.35. The molecule has 0 heterocycles. The van der Waals surface area contributed by atoms with Crippen molar-refractivity contribution >= 4 is 11.9 Å². The topological polar surface area (TPSA) is 74.6 Å². The number of carboxylic acids is 2. The minimum absolute atomic E-state index is 0.00153. The summed E-state index contributed by atoms with van der Waals surface area (Å²) in [6.07, 6.45) is 3.08. The summed E-state index contributed by atoms with van der Waals surface area (Å²) in [7, 11) is 0. The molecule has 0 aromatic carbocycles. The van der Waals surface area contributed by atoms with E-state index in [4.69, 9.17) is 10.2 Å². The molecule has 0 saturated carbocycles. The maximum atomic E-state index is 10.5. The molecule has 14 heavy (non-hydrogen) atoms. The van der Waals surface area contributed by atoms with Gasteiger partial charge in [-0.2, -0.15) is 0 Å². The van der Waals surface area contributed by atoms with Crippen molar-refractivity contribution in [3.8, 4) is 0 Å². The zero-order valence-corrected chi connectivity index (χ0v) is 8.49. The zero-order chi connectivity index (χ0) is 11.1. The van der Waals surface area contributed by atoms with Gasteiger partial charge in [-0.15, -0.1) is 0 Å². The fourth-order valence-corrected chi connectivity index (χ4v) is 1.26. The van der Waals surface area contributed by atoms with Crippen molar-refractivity contribution < 1.29 is 19.8 Å². The van der Waals surface area contributed by atoms with Gasteiger partial charge in [0.2, 0.25) is 0 Å². The highest BCUT2D eigenvalue weighted by atomic mass is 16.4. The summed E-state index contributed by atoms with van der Waals surface area (Å²) in [6.45, 7) is 3.42. The van der Waals surface area contributed by atoms with Gasteiger partial charge in [-0.1, -0.05) is 19.4 Å². The van der Waals surface area contributed by atoms with Crippen LogP contribution < -0.4 is 0 Å². The van der Waals surface area contributed by atoms with Crippen molar-refractivity contribution in [2.24, 2.45) is 5.92 Å². The third-order valence-corrected chi connectivity index (χ3v) is 1.92. The van der Waals surface area contributed by atoms with Crippen LogP contribution in [0.1, 0.15) is 33.1 Å². The van der Waals surface area contributed by atoms with Gasteiger partial charge in [-0.05, 0) is 19.3 Å². The van der Waals surface area contributed by atoms with Crippen LogP contribution in [-0.4, -0.2) is 22.2 Å². The minimum atomic E-state index is -0.989. The molecular weight excluding hydrogens is 184 g/mol. The lowest BCUT2D eigenvalue weighted by Gasteiger charge is -2.08. The highest BCUT2D eigenvalue weighted by Gasteiger charge is 2.11. The fraction of sp³-hybridized carbons (Fsp3) is 0.600. The molecule has 4 nitrogen and oxygen atoms in total. The van der Waals surface area contributed by atoms with Gasteiger partial charge in [0, 0.05) is 5.57 Å². The zero-order valence-electron chi connectivity index (χ0n) is 8.49. The Kier molecular flexibility index (Phi) is 5.60. The van der Waals surface area contributed by atoms with Gasteiger partial charge in [0.25, 0.3) is 0 Å². The molecule has 1 atom stereocenters. The number of hydrogen-bond donors (Lipinski definition) is 2. The smallest absolute Gasteiger partial charge is 0.330 e. The first-order valence-electron chi connectivity index (χ1n) is 4.60. The average Bonchev–Trinajstić information content (AvgIpc) is 2.02. The highest BCUT2D eigenvalue weighted by molar-refractivity contribution is 5.85. The van der Waals surface area contributed by atoms with Crippen LogP contribution in [0.3, 0.4) is 0 Å². The summed E-state index contributed by atoms with van der Waals surface area (Å²) in [5, 5.41) is 17.2. The lowest BCUT2D eigenvalue weighted by molar-refractivity contribution is -0.138. The van der Waals surface area contributed by atoms with E-state index in [9.17, 15) is 9.59 Å². The van der Waals surface area contributed by atoms with E-state index in [0.29, 0.717) is 6.42 Å². The van der Waals surface area contributed by atoms with Crippen LogP contribution >= 0.6 is 0 Å². The number of hydrogen-bond acceptors (Lipinski definition) is 2. The third-order valence-electron chi connectivity index (χ3n) is 1.92. The first kappa shape index (κ1) is 12.7. The van der Waals surface area contributed by atoms with Gasteiger partial charge >= 0.3 is 11.9 Å². The van der Waals surface area contributed by atoms with E-state index in [-0.39, 0.29) is 17.9 Å². The molecular formula is C10H16O4. The van der Waals surface area contributed by atoms with Crippen molar-refractivity contribution in [2.75, 3.05) is 0 Å². The van der Waals surface area contributed by atoms with Gasteiger partial charge in [-0.25, -0.2) is 4.79 Å². The standard InChI is InChI=1S/C10H16O4/c1-3-4-8(6-9(11)12)5-7(2)10(13)14/h5,8H,3-4,6H2,1-2H3,(H,11,12)(H,13,14). The molecule has 1 unspecified atom stereocenters. The van der Waals surface area contributed by atoms with E-state index in [1.807, 2.05) is 6.92 Å². The summed E-state index contributed by atoms with van der Waals surface area (Å²) in [6, 6.07) is 0. The molecule has 0 saturated heterocycles. The quantitative estimate of drug-likeness (QED) is 0.642. The van der Waals surface area contributed by atoms with E-state index in [1.165, 1.54) is 13.0 Å². The average molecular weight is 200 g/mol. The van der Waals surface area contributed by atoms with Crippen LogP contribution in [0.5, 0.6) is 0 Å². The molecule has 2 N–H and O–H groups in total. The second kappa shape index (κ2) is 6.18. The molecule has 0 rings (SSSR count). The van der Waals surface area contributed by atoms with Gasteiger partial charge in [0.05, 0.1) is 6.42 Å². The Hall–Kier alpha value is -1.32. The maximum absolute atomic E-state index is 10.5. The Bertz CT molecular complexity index is 243. The van der Waals surface area contributed by atoms with Crippen molar-refractivity contribution in [1.29, 1.82) is 0 Å². The molecule has 4 heteroatoms. The van der Waals surface area contributed by atoms with Crippen molar-refractivity contribution in [2.45, 2.75) is 33.1 Å². The summed E-state index contributed by atoms with van der Waals surface area (Å²) in [4.78, 5) is 21.0. The van der Waals surface area contributed by atoms with E-state index >= 15 is 0 Å². The maximum Gasteiger partial charge on any atom is 0.330 e. The molecule has 0 radical (unpaired) electrons. The first-order chi connectivity index (χ1) is 6.47. The van der Waals surface area contributed by atoms with E-state index < -0.39 is 11.9 Å². The molecule has 0 bridgehead atoms. The predicted octanol–water partition coefficient (Wildman–Crippen LogP) is 1.91. The summed E-state index contributed by atoms with van der Waals surface area (Å²) >= 11 is 0. The summed E-state index contributed by atoms with van der Waals surface area (Å²) < 4.78 is 0. The van der Waals surface area contributed by atoms with Crippen LogP contribution in [0.2, 0.25) is 0 Å².